The van der Waals surface area contributed by atoms with E-state index in [1.807, 2.05) is 48.5 Å². The SMILES string of the molecule is Cc1cccc2nc(-c3ccc(-c4ccc(-c5nc6ccccc6nc5-c5ccccc5)cc4)cc3)n(-c3ccccc3)c12. The van der Waals surface area contributed by atoms with Crippen LogP contribution in [-0.2, 0) is 0 Å². The van der Waals surface area contributed by atoms with Crippen molar-refractivity contribution in [2.45, 2.75) is 6.92 Å². The highest BCUT2D eigenvalue weighted by Gasteiger charge is 2.17. The van der Waals surface area contributed by atoms with Crippen LogP contribution in [0.2, 0.25) is 0 Å². The Balaban J connectivity index is 1.17. The maximum absolute atomic E-state index is 5.07. The molecule has 0 amide bonds. The van der Waals surface area contributed by atoms with E-state index in [9.17, 15) is 0 Å². The van der Waals surface area contributed by atoms with Gasteiger partial charge in [0.05, 0.1) is 33.5 Å². The van der Waals surface area contributed by atoms with Crippen molar-refractivity contribution in [2.75, 3.05) is 0 Å². The second-order valence-electron chi connectivity index (χ2n) is 11.0. The second kappa shape index (κ2) is 10.8. The van der Waals surface area contributed by atoms with E-state index in [1.165, 1.54) is 5.56 Å². The van der Waals surface area contributed by atoms with Crippen LogP contribution >= 0.6 is 0 Å². The van der Waals surface area contributed by atoms with Gasteiger partial charge in [0.1, 0.15) is 5.82 Å². The Morgan fingerprint density at radius 2 is 0.864 bits per heavy atom. The van der Waals surface area contributed by atoms with E-state index in [1.54, 1.807) is 0 Å². The number of hydrogen-bond donors (Lipinski definition) is 0. The maximum Gasteiger partial charge on any atom is 0.145 e. The van der Waals surface area contributed by atoms with Crippen molar-refractivity contribution in [2.24, 2.45) is 0 Å². The molecule has 0 aliphatic rings. The van der Waals surface area contributed by atoms with Gasteiger partial charge in [0.25, 0.3) is 0 Å². The Labute approximate surface area is 256 Å². The highest BCUT2D eigenvalue weighted by molar-refractivity contribution is 5.88. The van der Waals surface area contributed by atoms with Crippen molar-refractivity contribution in [1.29, 1.82) is 0 Å². The fourth-order valence-electron chi connectivity index (χ4n) is 5.95. The number of aromatic nitrogens is 4. The van der Waals surface area contributed by atoms with E-state index in [4.69, 9.17) is 15.0 Å². The Kier molecular flexibility index (Phi) is 6.31. The van der Waals surface area contributed by atoms with Gasteiger partial charge in [0.15, 0.2) is 0 Å². The molecule has 2 aromatic heterocycles. The monoisotopic (exact) mass is 564 g/mol. The van der Waals surface area contributed by atoms with Gasteiger partial charge in [-0.15, -0.1) is 0 Å². The predicted molar refractivity (Wildman–Crippen MR) is 181 cm³/mol. The van der Waals surface area contributed by atoms with Crippen molar-refractivity contribution >= 4 is 22.1 Å². The first kappa shape index (κ1) is 25.8. The molecule has 0 spiro atoms. The molecular formula is C40H28N4. The molecular weight excluding hydrogens is 536 g/mol. The predicted octanol–water partition coefficient (Wildman–Crippen LogP) is 9.95. The van der Waals surface area contributed by atoms with Crippen LogP contribution in [0.15, 0.2) is 152 Å². The molecule has 44 heavy (non-hydrogen) atoms. The molecule has 208 valence electrons. The number of aryl methyl sites for hydroxylation is 1. The Hall–Kier alpha value is -5.87. The highest BCUT2D eigenvalue weighted by Crippen LogP contribution is 2.34. The van der Waals surface area contributed by atoms with Crippen molar-refractivity contribution in [3.05, 3.63) is 157 Å². The minimum absolute atomic E-state index is 0.881. The summed E-state index contributed by atoms with van der Waals surface area (Å²) >= 11 is 0. The lowest BCUT2D eigenvalue weighted by Crippen LogP contribution is -1.98. The summed E-state index contributed by atoms with van der Waals surface area (Å²) < 4.78 is 2.27. The minimum Gasteiger partial charge on any atom is -0.292 e. The van der Waals surface area contributed by atoms with Crippen LogP contribution in [0.3, 0.4) is 0 Å². The lowest BCUT2D eigenvalue weighted by molar-refractivity contribution is 1.10. The van der Waals surface area contributed by atoms with E-state index in [0.29, 0.717) is 0 Å². The van der Waals surface area contributed by atoms with Gasteiger partial charge in [-0.25, -0.2) is 15.0 Å². The van der Waals surface area contributed by atoms with Crippen molar-refractivity contribution in [3.63, 3.8) is 0 Å². The van der Waals surface area contributed by atoms with Crippen molar-refractivity contribution < 1.29 is 0 Å². The van der Waals surface area contributed by atoms with Gasteiger partial charge in [0.2, 0.25) is 0 Å². The largest absolute Gasteiger partial charge is 0.292 e. The molecule has 0 fully saturated rings. The Bertz CT molecular complexity index is 2250. The van der Waals surface area contributed by atoms with Crippen LogP contribution in [-0.4, -0.2) is 19.5 Å². The molecule has 0 unspecified atom stereocenters. The van der Waals surface area contributed by atoms with E-state index in [-0.39, 0.29) is 0 Å². The molecule has 0 aliphatic carbocycles. The summed E-state index contributed by atoms with van der Waals surface area (Å²) in [5, 5.41) is 0. The third kappa shape index (κ3) is 4.54. The van der Waals surface area contributed by atoms with Gasteiger partial charge in [-0.2, -0.15) is 0 Å². The summed E-state index contributed by atoms with van der Waals surface area (Å²) in [5.41, 5.74) is 13.4. The molecule has 4 heteroatoms. The number of nitrogens with zero attached hydrogens (tertiary/aromatic N) is 4. The molecule has 0 saturated carbocycles. The Morgan fingerprint density at radius 3 is 1.48 bits per heavy atom. The fraction of sp³-hybridized carbons (Fsp3) is 0.0250. The van der Waals surface area contributed by atoms with Gasteiger partial charge >= 0.3 is 0 Å². The summed E-state index contributed by atoms with van der Waals surface area (Å²) in [4.78, 5) is 15.1. The van der Waals surface area contributed by atoms with E-state index in [2.05, 4.69) is 115 Å². The number of hydrogen-bond acceptors (Lipinski definition) is 3. The quantitative estimate of drug-likeness (QED) is 0.209. The van der Waals surface area contributed by atoms with Gasteiger partial charge in [-0.1, -0.05) is 121 Å². The van der Waals surface area contributed by atoms with Crippen LogP contribution in [0.4, 0.5) is 0 Å². The van der Waals surface area contributed by atoms with Gasteiger partial charge in [-0.3, -0.25) is 4.57 Å². The minimum atomic E-state index is 0.881. The highest BCUT2D eigenvalue weighted by atomic mass is 15.1. The lowest BCUT2D eigenvalue weighted by atomic mass is 9.99. The average Bonchev–Trinajstić information content (AvgIpc) is 3.50. The number of imidazole rings is 1. The molecule has 0 N–H and O–H groups in total. The van der Waals surface area contributed by atoms with Gasteiger partial charge in [-0.05, 0) is 53.9 Å². The van der Waals surface area contributed by atoms with Crippen molar-refractivity contribution in [1.82, 2.24) is 19.5 Å². The van der Waals surface area contributed by atoms with Gasteiger partial charge in [0, 0.05) is 22.4 Å². The zero-order valence-electron chi connectivity index (χ0n) is 24.2. The zero-order chi connectivity index (χ0) is 29.5. The number of fused-ring (bicyclic) bond motifs is 2. The van der Waals surface area contributed by atoms with Crippen LogP contribution in [0.1, 0.15) is 5.56 Å². The standard InChI is InChI=1S/C40H28N4/c1-27-11-10-18-36-39(27)44(33-14-6-3-7-15-33)40(43-36)32-25-21-29(22-26-32)28-19-23-31(24-20-28)38-37(30-12-4-2-5-13-30)41-34-16-8-9-17-35(34)42-38/h2-26H,1H3. The topological polar surface area (TPSA) is 43.6 Å². The zero-order valence-corrected chi connectivity index (χ0v) is 24.2. The van der Waals surface area contributed by atoms with Crippen LogP contribution in [0, 0.1) is 6.92 Å². The molecule has 0 radical (unpaired) electrons. The fourth-order valence-corrected chi connectivity index (χ4v) is 5.95. The summed E-state index contributed by atoms with van der Waals surface area (Å²) in [7, 11) is 0. The van der Waals surface area contributed by atoms with E-state index >= 15 is 0 Å². The normalized spacial score (nSPS) is 11.3. The first-order chi connectivity index (χ1) is 21.7. The third-order valence-corrected chi connectivity index (χ3v) is 8.15. The first-order valence-electron chi connectivity index (χ1n) is 14.8. The molecule has 4 nitrogen and oxygen atoms in total. The summed E-state index contributed by atoms with van der Waals surface area (Å²) in [5.74, 6) is 0.936. The Morgan fingerprint density at radius 1 is 0.386 bits per heavy atom. The van der Waals surface area contributed by atoms with E-state index < -0.39 is 0 Å². The molecule has 6 aromatic carbocycles. The smallest absolute Gasteiger partial charge is 0.145 e. The summed E-state index contributed by atoms with van der Waals surface area (Å²) in [6, 6.07) is 52.4. The van der Waals surface area contributed by atoms with Crippen LogP contribution < -0.4 is 0 Å². The average molecular weight is 565 g/mol. The van der Waals surface area contributed by atoms with Crippen LogP contribution in [0.25, 0.3) is 72.8 Å². The molecule has 2 heterocycles. The molecule has 8 aromatic rings. The molecule has 0 aliphatic heterocycles. The number of benzene rings is 6. The molecule has 0 saturated heterocycles. The first-order valence-corrected chi connectivity index (χ1v) is 14.8. The number of para-hydroxylation sites is 4. The van der Waals surface area contributed by atoms with E-state index in [0.717, 1.165) is 72.8 Å². The molecule has 0 atom stereocenters. The van der Waals surface area contributed by atoms with Gasteiger partial charge < -0.3 is 0 Å². The second-order valence-corrected chi connectivity index (χ2v) is 11.0. The molecule has 0 bridgehead atoms. The van der Waals surface area contributed by atoms with Crippen LogP contribution in [0.5, 0.6) is 0 Å². The maximum atomic E-state index is 5.07. The number of rotatable bonds is 5. The summed E-state index contributed by atoms with van der Waals surface area (Å²) in [6.07, 6.45) is 0. The lowest BCUT2D eigenvalue weighted by Gasteiger charge is -2.12. The molecule has 8 rings (SSSR count). The van der Waals surface area contributed by atoms with Crippen molar-refractivity contribution in [3.8, 4) is 50.7 Å². The summed E-state index contributed by atoms with van der Waals surface area (Å²) in [6.45, 7) is 2.15. The third-order valence-electron chi connectivity index (χ3n) is 8.15.